The third-order valence-corrected chi connectivity index (χ3v) is 2.25. The summed E-state index contributed by atoms with van der Waals surface area (Å²) in [5.41, 5.74) is 5.47. The minimum Gasteiger partial charge on any atom is -0.366 e. The van der Waals surface area contributed by atoms with Crippen LogP contribution in [0, 0.1) is 12.8 Å². The zero-order valence-electron chi connectivity index (χ0n) is 9.37. The molecule has 1 rings (SSSR count). The summed E-state index contributed by atoms with van der Waals surface area (Å²) >= 11 is 0. The highest BCUT2D eigenvalue weighted by atomic mass is 16.1. The summed E-state index contributed by atoms with van der Waals surface area (Å²) in [5.74, 6) is 1.58. The zero-order valence-corrected chi connectivity index (χ0v) is 9.37. The molecule has 5 nitrogen and oxygen atoms in total. The van der Waals surface area contributed by atoms with Crippen LogP contribution in [0.25, 0.3) is 0 Å². The van der Waals surface area contributed by atoms with Gasteiger partial charge in [-0.15, -0.1) is 0 Å². The number of nitrogens with zero attached hydrogens (tertiary/aromatic N) is 1. The molecule has 0 bridgehead atoms. The quantitative estimate of drug-likeness (QED) is 0.674. The van der Waals surface area contributed by atoms with Crippen LogP contribution in [-0.4, -0.2) is 22.6 Å². The Balaban J connectivity index is 2.83. The van der Waals surface area contributed by atoms with Crippen LogP contribution in [0.4, 0.5) is 5.82 Å². The van der Waals surface area contributed by atoms with Crippen molar-refractivity contribution >= 4 is 5.82 Å². The molecule has 1 atom stereocenters. The van der Waals surface area contributed by atoms with E-state index in [1.807, 2.05) is 0 Å². The molecule has 15 heavy (non-hydrogen) atoms. The van der Waals surface area contributed by atoms with E-state index in [2.05, 4.69) is 29.1 Å². The molecular weight excluding hydrogens is 192 g/mol. The molecule has 4 N–H and O–H groups in total. The van der Waals surface area contributed by atoms with Crippen molar-refractivity contribution < 1.29 is 0 Å². The third kappa shape index (κ3) is 3.36. The molecule has 0 aliphatic carbocycles. The van der Waals surface area contributed by atoms with E-state index in [9.17, 15) is 4.79 Å². The number of hydrogen-bond donors (Lipinski definition) is 3. The lowest BCUT2D eigenvalue weighted by Crippen LogP contribution is -2.34. The number of nitrogens with one attached hydrogen (secondary N) is 2. The molecule has 0 amide bonds. The molecule has 84 valence electrons. The van der Waals surface area contributed by atoms with Gasteiger partial charge in [0.05, 0.1) is 0 Å². The number of aromatic amines is 1. The number of nitrogens with two attached hydrogens (primary N) is 1. The second kappa shape index (κ2) is 4.93. The topological polar surface area (TPSA) is 83.8 Å². The summed E-state index contributed by atoms with van der Waals surface area (Å²) in [4.78, 5) is 18.0. The molecule has 0 saturated carbocycles. The van der Waals surface area contributed by atoms with Crippen molar-refractivity contribution in [2.75, 3.05) is 11.9 Å². The molecule has 0 aromatic carbocycles. The van der Waals surface area contributed by atoms with E-state index in [4.69, 9.17) is 5.73 Å². The van der Waals surface area contributed by atoms with Crippen LogP contribution >= 0.6 is 0 Å². The predicted molar refractivity (Wildman–Crippen MR) is 60.9 cm³/mol. The van der Waals surface area contributed by atoms with Crippen molar-refractivity contribution in [1.82, 2.24) is 9.97 Å². The fourth-order valence-electron chi connectivity index (χ4n) is 1.34. The Labute approximate surface area is 89.1 Å². The van der Waals surface area contributed by atoms with Crippen LogP contribution in [0.5, 0.6) is 0 Å². The molecule has 1 aromatic heterocycles. The molecule has 0 fully saturated rings. The number of aryl methyl sites for hydroxylation is 1. The maximum absolute atomic E-state index is 11.2. The Hall–Kier alpha value is -1.36. The van der Waals surface area contributed by atoms with Gasteiger partial charge in [0.1, 0.15) is 11.6 Å². The minimum absolute atomic E-state index is 0.138. The Bertz CT molecular complexity index is 372. The van der Waals surface area contributed by atoms with Crippen LogP contribution in [-0.2, 0) is 0 Å². The standard InChI is InChI=1S/C10H18N4O/c1-6(2)8(5-11)14-9-4-10(15)13-7(3)12-9/h4,6,8H,5,11H2,1-3H3,(H2,12,13,14,15). The maximum atomic E-state index is 11.2. The molecule has 0 aliphatic heterocycles. The lowest BCUT2D eigenvalue weighted by Gasteiger charge is -2.20. The fraction of sp³-hybridized carbons (Fsp3) is 0.600. The van der Waals surface area contributed by atoms with Crippen molar-refractivity contribution in [3.05, 3.63) is 22.2 Å². The van der Waals surface area contributed by atoms with Gasteiger partial charge in [0.2, 0.25) is 0 Å². The van der Waals surface area contributed by atoms with E-state index >= 15 is 0 Å². The van der Waals surface area contributed by atoms with Crippen LogP contribution < -0.4 is 16.6 Å². The highest BCUT2D eigenvalue weighted by Gasteiger charge is 2.11. The van der Waals surface area contributed by atoms with Gasteiger partial charge in [-0.3, -0.25) is 4.79 Å². The van der Waals surface area contributed by atoms with E-state index < -0.39 is 0 Å². The van der Waals surface area contributed by atoms with Gasteiger partial charge in [0, 0.05) is 18.7 Å². The van der Waals surface area contributed by atoms with E-state index in [1.165, 1.54) is 6.07 Å². The minimum atomic E-state index is -0.149. The first-order chi connectivity index (χ1) is 7.02. The summed E-state index contributed by atoms with van der Waals surface area (Å²) < 4.78 is 0. The smallest absolute Gasteiger partial charge is 0.252 e. The second-order valence-corrected chi connectivity index (χ2v) is 3.95. The molecule has 0 aliphatic rings. The Morgan fingerprint density at radius 1 is 1.60 bits per heavy atom. The largest absolute Gasteiger partial charge is 0.366 e. The number of anilines is 1. The molecular formula is C10H18N4O. The van der Waals surface area contributed by atoms with Gasteiger partial charge in [-0.2, -0.15) is 0 Å². The normalized spacial score (nSPS) is 12.9. The first kappa shape index (κ1) is 11.7. The van der Waals surface area contributed by atoms with Crippen molar-refractivity contribution in [1.29, 1.82) is 0 Å². The van der Waals surface area contributed by atoms with Crippen LogP contribution in [0.1, 0.15) is 19.7 Å². The predicted octanol–water partition coefficient (Wildman–Crippen LogP) is 0.474. The fourth-order valence-corrected chi connectivity index (χ4v) is 1.34. The summed E-state index contributed by atoms with van der Waals surface area (Å²) in [6.07, 6.45) is 0. The van der Waals surface area contributed by atoms with Crippen molar-refractivity contribution in [2.45, 2.75) is 26.8 Å². The van der Waals surface area contributed by atoms with Crippen molar-refractivity contribution in [3.63, 3.8) is 0 Å². The molecule has 0 saturated heterocycles. The number of rotatable bonds is 4. The van der Waals surface area contributed by atoms with E-state index in [0.717, 1.165) is 0 Å². The summed E-state index contributed by atoms with van der Waals surface area (Å²) in [6, 6.07) is 1.58. The molecule has 0 radical (unpaired) electrons. The van der Waals surface area contributed by atoms with Gasteiger partial charge < -0.3 is 16.0 Å². The number of H-pyrrole nitrogens is 1. The van der Waals surface area contributed by atoms with E-state index in [-0.39, 0.29) is 11.6 Å². The molecule has 1 unspecified atom stereocenters. The SMILES string of the molecule is Cc1nc(NC(CN)C(C)C)cc(=O)[nH]1. The first-order valence-electron chi connectivity index (χ1n) is 5.07. The lowest BCUT2D eigenvalue weighted by molar-refractivity contribution is 0.529. The highest BCUT2D eigenvalue weighted by molar-refractivity contribution is 5.34. The van der Waals surface area contributed by atoms with Crippen molar-refractivity contribution in [3.8, 4) is 0 Å². The van der Waals surface area contributed by atoms with E-state index in [1.54, 1.807) is 6.92 Å². The third-order valence-electron chi connectivity index (χ3n) is 2.25. The highest BCUT2D eigenvalue weighted by Crippen LogP contribution is 2.07. The Kier molecular flexibility index (Phi) is 3.85. The number of hydrogen-bond acceptors (Lipinski definition) is 4. The molecule has 0 spiro atoms. The van der Waals surface area contributed by atoms with Gasteiger partial charge in [0.25, 0.3) is 5.56 Å². The number of aromatic nitrogens is 2. The van der Waals surface area contributed by atoms with Gasteiger partial charge in [-0.05, 0) is 12.8 Å². The molecule has 1 heterocycles. The van der Waals surface area contributed by atoms with Crippen LogP contribution in [0.15, 0.2) is 10.9 Å². The summed E-state index contributed by atoms with van der Waals surface area (Å²) in [6.45, 7) is 6.42. The van der Waals surface area contributed by atoms with Crippen molar-refractivity contribution in [2.24, 2.45) is 11.7 Å². The summed E-state index contributed by atoms with van der Waals surface area (Å²) in [7, 11) is 0. The molecule has 5 heteroatoms. The van der Waals surface area contributed by atoms with Crippen LogP contribution in [0.3, 0.4) is 0 Å². The second-order valence-electron chi connectivity index (χ2n) is 3.95. The summed E-state index contributed by atoms with van der Waals surface area (Å²) in [5, 5.41) is 3.15. The average molecular weight is 210 g/mol. The van der Waals surface area contributed by atoms with E-state index in [0.29, 0.717) is 24.1 Å². The van der Waals surface area contributed by atoms with Gasteiger partial charge in [-0.1, -0.05) is 13.8 Å². The Morgan fingerprint density at radius 2 is 2.27 bits per heavy atom. The van der Waals surface area contributed by atoms with Gasteiger partial charge in [0.15, 0.2) is 0 Å². The average Bonchev–Trinajstić information content (AvgIpc) is 2.12. The maximum Gasteiger partial charge on any atom is 0.252 e. The zero-order chi connectivity index (χ0) is 11.4. The Morgan fingerprint density at radius 3 is 2.73 bits per heavy atom. The van der Waals surface area contributed by atoms with Gasteiger partial charge >= 0.3 is 0 Å². The van der Waals surface area contributed by atoms with Crippen LogP contribution in [0.2, 0.25) is 0 Å². The first-order valence-corrected chi connectivity index (χ1v) is 5.07. The monoisotopic (exact) mass is 210 g/mol. The lowest BCUT2D eigenvalue weighted by atomic mass is 10.1. The molecule has 1 aromatic rings. The van der Waals surface area contributed by atoms with Gasteiger partial charge in [-0.25, -0.2) is 4.98 Å².